The molecule has 0 saturated heterocycles. The van der Waals surface area contributed by atoms with Gasteiger partial charge in [0.25, 0.3) is 0 Å². The third-order valence-corrected chi connectivity index (χ3v) is 5.19. The van der Waals surface area contributed by atoms with E-state index in [2.05, 4.69) is 10.6 Å². The number of primary amides is 1. The summed E-state index contributed by atoms with van der Waals surface area (Å²) in [4.78, 5) is 65.0. The predicted octanol–water partition coefficient (Wildman–Crippen LogP) is 2.50. The first-order chi connectivity index (χ1) is 17.5. The van der Waals surface area contributed by atoms with Crippen molar-refractivity contribution in [2.24, 2.45) is 5.73 Å². The second-order valence-corrected chi connectivity index (χ2v) is 10.9. The van der Waals surface area contributed by atoms with E-state index in [0.717, 1.165) is 5.56 Å². The molecule has 38 heavy (non-hydrogen) atoms. The molecule has 1 aromatic carbocycles. The van der Waals surface area contributed by atoms with E-state index in [1.807, 2.05) is 6.92 Å². The molecule has 0 saturated carbocycles. The van der Waals surface area contributed by atoms with Gasteiger partial charge in [-0.25, -0.2) is 4.79 Å². The largest absolute Gasteiger partial charge is 0.466 e. The van der Waals surface area contributed by atoms with Crippen LogP contribution in [0.4, 0.5) is 4.79 Å². The second kappa shape index (κ2) is 13.8. The van der Waals surface area contributed by atoms with Gasteiger partial charge in [0, 0.05) is 12.1 Å². The van der Waals surface area contributed by atoms with Gasteiger partial charge in [0.1, 0.15) is 17.7 Å². The Labute approximate surface area is 224 Å². The van der Waals surface area contributed by atoms with Gasteiger partial charge in [0.2, 0.25) is 17.7 Å². The van der Waals surface area contributed by atoms with Crippen molar-refractivity contribution in [3.8, 4) is 0 Å². The summed E-state index contributed by atoms with van der Waals surface area (Å²) in [6, 6.07) is 4.52. The van der Waals surface area contributed by atoms with Crippen LogP contribution in [-0.2, 0) is 28.7 Å². The van der Waals surface area contributed by atoms with Gasteiger partial charge in [-0.15, -0.1) is 0 Å². The maximum absolute atomic E-state index is 14.0. The van der Waals surface area contributed by atoms with Crippen LogP contribution >= 0.6 is 0 Å². The summed E-state index contributed by atoms with van der Waals surface area (Å²) < 4.78 is 10.2. The molecule has 0 aliphatic carbocycles. The molecule has 11 nitrogen and oxygen atoms in total. The molecule has 212 valence electrons. The summed E-state index contributed by atoms with van der Waals surface area (Å²) in [7, 11) is 0. The van der Waals surface area contributed by atoms with Crippen molar-refractivity contribution < 1.29 is 33.4 Å². The van der Waals surface area contributed by atoms with Crippen molar-refractivity contribution in [3.63, 3.8) is 0 Å². The molecule has 1 aromatic rings. The molecule has 0 aromatic heterocycles. The number of aryl methyl sites for hydroxylation is 1. The van der Waals surface area contributed by atoms with E-state index in [1.54, 1.807) is 72.7 Å². The maximum atomic E-state index is 14.0. The van der Waals surface area contributed by atoms with Crippen LogP contribution in [0.25, 0.3) is 0 Å². The number of rotatable bonds is 11. The lowest BCUT2D eigenvalue weighted by Crippen LogP contribution is -2.59. The van der Waals surface area contributed by atoms with Gasteiger partial charge in [0.05, 0.1) is 19.4 Å². The second-order valence-electron chi connectivity index (χ2n) is 10.9. The van der Waals surface area contributed by atoms with Crippen molar-refractivity contribution in [3.05, 3.63) is 35.4 Å². The Bertz CT molecular complexity index is 994. The Morgan fingerprint density at radius 3 is 2.05 bits per heavy atom. The molecule has 1 rings (SSSR count). The number of carbonyl (C=O) groups excluding carboxylic acids is 5. The molecule has 2 atom stereocenters. The van der Waals surface area contributed by atoms with Crippen molar-refractivity contribution in [2.75, 3.05) is 13.2 Å². The number of nitrogens with one attached hydrogen (secondary N) is 2. The molecule has 0 radical (unpaired) electrons. The van der Waals surface area contributed by atoms with Gasteiger partial charge in [0.15, 0.2) is 0 Å². The fourth-order valence-electron chi connectivity index (χ4n) is 3.65. The molecule has 4 amide bonds. The number of amides is 4. The Hall–Kier alpha value is -3.63. The van der Waals surface area contributed by atoms with E-state index in [4.69, 9.17) is 15.2 Å². The third kappa shape index (κ3) is 10.8. The first-order valence-electron chi connectivity index (χ1n) is 12.6. The summed E-state index contributed by atoms with van der Waals surface area (Å²) in [5, 5.41) is 5.14. The maximum Gasteiger partial charge on any atom is 0.408 e. The number of alkyl carbamates (subject to hydrolysis) is 1. The van der Waals surface area contributed by atoms with Crippen LogP contribution in [0.1, 0.15) is 78.5 Å². The number of nitrogens with two attached hydrogens (primary N) is 1. The molecule has 0 bridgehead atoms. The van der Waals surface area contributed by atoms with E-state index in [1.165, 1.54) is 4.90 Å². The normalized spacial score (nSPS) is 13.1. The van der Waals surface area contributed by atoms with Crippen molar-refractivity contribution in [1.82, 2.24) is 15.5 Å². The fourth-order valence-corrected chi connectivity index (χ4v) is 3.65. The number of esters is 1. The topological polar surface area (TPSA) is 157 Å². The van der Waals surface area contributed by atoms with Crippen LogP contribution < -0.4 is 16.4 Å². The van der Waals surface area contributed by atoms with Crippen LogP contribution in [0, 0.1) is 6.92 Å². The van der Waals surface area contributed by atoms with Gasteiger partial charge >= 0.3 is 12.1 Å². The zero-order valence-electron chi connectivity index (χ0n) is 23.7. The summed E-state index contributed by atoms with van der Waals surface area (Å²) in [6.45, 7) is 14.0. The molecule has 0 heterocycles. The molecule has 2 unspecified atom stereocenters. The molecule has 0 aliphatic rings. The third-order valence-electron chi connectivity index (χ3n) is 5.19. The van der Waals surface area contributed by atoms with E-state index >= 15 is 0 Å². The van der Waals surface area contributed by atoms with Gasteiger partial charge in [-0.1, -0.05) is 29.8 Å². The SMILES string of the molecule is CCOC(=O)CCNC(=O)C(c1ccc(C)cc1)N(C(=O)C(CC(N)=O)NC(=O)OC(C)(C)C)C(C)(C)C. The number of nitrogens with zero attached hydrogens (tertiary/aromatic N) is 1. The van der Waals surface area contributed by atoms with E-state index in [0.29, 0.717) is 5.56 Å². The van der Waals surface area contributed by atoms with Gasteiger partial charge in [-0.3, -0.25) is 19.2 Å². The van der Waals surface area contributed by atoms with Crippen molar-refractivity contribution >= 4 is 29.8 Å². The lowest BCUT2D eigenvalue weighted by molar-refractivity contribution is -0.149. The Balaban J connectivity index is 3.47. The number of benzene rings is 1. The standard InChI is InChI=1S/C27H42N4O7/c1-9-37-21(33)14-15-29-23(34)22(18-12-10-17(2)11-13-18)31(26(3,4)5)24(35)19(16-20(28)32)30-25(36)38-27(6,7)8/h10-13,19,22H,9,14-16H2,1-8H3,(H2,28,32)(H,29,34)(H,30,36). The highest BCUT2D eigenvalue weighted by atomic mass is 16.6. The highest BCUT2D eigenvalue weighted by Crippen LogP contribution is 2.30. The molecule has 11 heteroatoms. The van der Waals surface area contributed by atoms with Crippen LogP contribution in [0.3, 0.4) is 0 Å². The minimum atomic E-state index is -1.39. The minimum absolute atomic E-state index is 0.00687. The van der Waals surface area contributed by atoms with Gasteiger partial charge < -0.3 is 30.7 Å². The quantitative estimate of drug-likeness (QED) is 0.368. The van der Waals surface area contributed by atoms with Crippen LogP contribution in [0.2, 0.25) is 0 Å². The van der Waals surface area contributed by atoms with Crippen LogP contribution in [0.5, 0.6) is 0 Å². The van der Waals surface area contributed by atoms with Crippen LogP contribution in [-0.4, -0.2) is 65.0 Å². The molecule has 0 aliphatic heterocycles. The fraction of sp³-hybridized carbons (Fsp3) is 0.593. The molecule has 4 N–H and O–H groups in total. The number of hydrogen-bond donors (Lipinski definition) is 3. The zero-order chi connectivity index (χ0) is 29.3. The molecular formula is C27H42N4O7. The summed E-state index contributed by atoms with van der Waals surface area (Å²) in [5.74, 6) is -2.53. The van der Waals surface area contributed by atoms with Gasteiger partial charge in [-0.05, 0) is 61.0 Å². The number of carbonyl (C=O) groups is 5. The Morgan fingerprint density at radius 2 is 1.58 bits per heavy atom. The van der Waals surface area contributed by atoms with Crippen LogP contribution in [0.15, 0.2) is 24.3 Å². The average molecular weight is 535 g/mol. The first-order valence-corrected chi connectivity index (χ1v) is 12.6. The van der Waals surface area contributed by atoms with E-state index in [-0.39, 0.29) is 19.6 Å². The lowest BCUT2D eigenvalue weighted by atomic mass is 9.94. The van der Waals surface area contributed by atoms with E-state index in [9.17, 15) is 24.0 Å². The molecule has 0 fully saturated rings. The highest BCUT2D eigenvalue weighted by Gasteiger charge is 2.42. The van der Waals surface area contributed by atoms with Gasteiger partial charge in [-0.2, -0.15) is 0 Å². The van der Waals surface area contributed by atoms with E-state index < -0.39 is 59.4 Å². The Morgan fingerprint density at radius 1 is 1.00 bits per heavy atom. The van der Waals surface area contributed by atoms with Crippen molar-refractivity contribution in [2.45, 2.75) is 91.5 Å². The summed E-state index contributed by atoms with van der Waals surface area (Å²) >= 11 is 0. The van der Waals surface area contributed by atoms with Crippen molar-refractivity contribution in [1.29, 1.82) is 0 Å². The first kappa shape index (κ1) is 32.4. The minimum Gasteiger partial charge on any atom is -0.466 e. The lowest BCUT2D eigenvalue weighted by Gasteiger charge is -2.43. The number of hydrogen-bond acceptors (Lipinski definition) is 7. The predicted molar refractivity (Wildman–Crippen MR) is 142 cm³/mol. The highest BCUT2D eigenvalue weighted by molar-refractivity contribution is 5.95. The Kier molecular flexibility index (Phi) is 11.8. The summed E-state index contributed by atoms with van der Waals surface area (Å²) in [5.41, 5.74) is 5.05. The molecule has 0 spiro atoms. The smallest absolute Gasteiger partial charge is 0.408 e. The summed E-state index contributed by atoms with van der Waals surface area (Å²) in [6.07, 6.45) is -1.46. The molecular weight excluding hydrogens is 492 g/mol. The zero-order valence-corrected chi connectivity index (χ0v) is 23.7. The monoisotopic (exact) mass is 534 g/mol. The average Bonchev–Trinajstić information content (AvgIpc) is 2.75. The number of ether oxygens (including phenoxy) is 2.